The topological polar surface area (TPSA) is 45.0 Å². The molecule has 0 radical (unpaired) electrons. The van der Waals surface area contributed by atoms with Crippen molar-refractivity contribution in [3.05, 3.63) is 40.6 Å². The quantitative estimate of drug-likeness (QED) is 0.726. The van der Waals surface area contributed by atoms with Crippen LogP contribution < -0.4 is 9.74 Å². The molecule has 0 saturated carbocycles. The van der Waals surface area contributed by atoms with Crippen LogP contribution in [-0.2, 0) is 0 Å². The van der Waals surface area contributed by atoms with Crippen molar-refractivity contribution in [2.45, 2.75) is 38.9 Å². The van der Waals surface area contributed by atoms with Crippen LogP contribution in [0, 0.1) is 11.3 Å². The minimum Gasteiger partial charge on any atom is -0.544 e. The summed E-state index contributed by atoms with van der Waals surface area (Å²) in [6, 6.07) is 12.0. The maximum atomic E-state index is 8.85. The van der Waals surface area contributed by atoms with Crippen molar-refractivity contribution < 1.29 is 4.43 Å². The van der Waals surface area contributed by atoms with E-state index in [1.165, 1.54) is 11.3 Å². The minimum atomic E-state index is -1.79. The van der Waals surface area contributed by atoms with Crippen LogP contribution in [-0.4, -0.2) is 8.32 Å². The van der Waals surface area contributed by atoms with Gasteiger partial charge in [-0.15, -0.1) is 11.3 Å². The highest BCUT2D eigenvalue weighted by Gasteiger charge is 2.38. The Kier molecular flexibility index (Phi) is 4.64. The van der Waals surface area contributed by atoms with E-state index in [2.05, 4.69) is 45.3 Å². The van der Waals surface area contributed by atoms with Crippen LogP contribution in [0.5, 0.6) is 5.75 Å². The molecule has 0 bridgehead atoms. The molecule has 0 fully saturated rings. The van der Waals surface area contributed by atoms with Crippen molar-refractivity contribution in [3.63, 3.8) is 0 Å². The Labute approximate surface area is 137 Å². The second kappa shape index (κ2) is 6.15. The fraction of sp³-hybridized carbons (Fsp3) is 0.353. The first kappa shape index (κ1) is 16.6. The molecule has 0 atom stereocenters. The highest BCUT2D eigenvalue weighted by Crippen LogP contribution is 2.37. The molecule has 0 amide bonds. The number of nitrogens with one attached hydrogen (secondary N) is 1. The first-order chi connectivity index (χ1) is 10.2. The number of anilines is 2. The van der Waals surface area contributed by atoms with Crippen molar-refractivity contribution >= 4 is 31.0 Å². The summed E-state index contributed by atoms with van der Waals surface area (Å²) in [5.74, 6) is 0.917. The van der Waals surface area contributed by atoms with Crippen molar-refractivity contribution in [2.24, 2.45) is 0 Å². The molecular formula is C17H22N2OSSi. The molecule has 1 aromatic carbocycles. The molecule has 0 unspecified atom stereocenters. The van der Waals surface area contributed by atoms with Crippen LogP contribution in [0.15, 0.2) is 35.7 Å². The highest BCUT2D eigenvalue weighted by atomic mass is 32.1. The molecule has 0 aliphatic heterocycles. The lowest BCUT2D eigenvalue weighted by Crippen LogP contribution is -2.43. The van der Waals surface area contributed by atoms with E-state index in [-0.39, 0.29) is 5.04 Å². The maximum Gasteiger partial charge on any atom is 0.250 e. The van der Waals surface area contributed by atoms with Gasteiger partial charge in [0.05, 0.1) is 5.69 Å². The minimum absolute atomic E-state index is 0.189. The number of hydrogen-bond donors (Lipinski definition) is 1. The third-order valence-corrected chi connectivity index (χ3v) is 9.23. The molecule has 22 heavy (non-hydrogen) atoms. The normalized spacial score (nSPS) is 11.8. The number of benzene rings is 1. The number of hydrogen-bond acceptors (Lipinski definition) is 4. The molecular weight excluding hydrogens is 308 g/mol. The lowest BCUT2D eigenvalue weighted by molar-refractivity contribution is 0.492. The van der Waals surface area contributed by atoms with Crippen molar-refractivity contribution in [3.8, 4) is 11.8 Å². The second-order valence-electron chi connectivity index (χ2n) is 6.82. The van der Waals surface area contributed by atoms with Gasteiger partial charge < -0.3 is 9.74 Å². The van der Waals surface area contributed by atoms with E-state index in [1.807, 2.05) is 35.7 Å². The molecule has 0 aliphatic rings. The van der Waals surface area contributed by atoms with Gasteiger partial charge in [0.15, 0.2) is 0 Å². The van der Waals surface area contributed by atoms with Gasteiger partial charge in [-0.05, 0) is 48.5 Å². The molecule has 1 N–H and O–H groups in total. The maximum absolute atomic E-state index is 8.85. The zero-order valence-electron chi connectivity index (χ0n) is 13.7. The van der Waals surface area contributed by atoms with Crippen LogP contribution in [0.25, 0.3) is 0 Å². The van der Waals surface area contributed by atoms with Crippen molar-refractivity contribution in [2.75, 3.05) is 5.32 Å². The Hall–Kier alpha value is -1.77. The molecule has 1 aromatic heterocycles. The van der Waals surface area contributed by atoms with Crippen molar-refractivity contribution in [1.29, 1.82) is 5.26 Å². The highest BCUT2D eigenvalue weighted by molar-refractivity contribution is 7.11. The molecule has 1 heterocycles. The van der Waals surface area contributed by atoms with E-state index in [0.717, 1.165) is 17.1 Å². The summed E-state index contributed by atoms with van der Waals surface area (Å²) in [6.45, 7) is 11.2. The fourth-order valence-electron chi connectivity index (χ4n) is 1.68. The van der Waals surface area contributed by atoms with Gasteiger partial charge in [0.2, 0.25) is 8.32 Å². The lowest BCUT2D eigenvalue weighted by atomic mass is 10.2. The van der Waals surface area contributed by atoms with Gasteiger partial charge in [-0.1, -0.05) is 20.8 Å². The van der Waals surface area contributed by atoms with E-state index in [1.54, 1.807) is 0 Å². The van der Waals surface area contributed by atoms with Crippen molar-refractivity contribution in [1.82, 2.24) is 0 Å². The Morgan fingerprint density at radius 1 is 1.14 bits per heavy atom. The number of nitriles is 1. The fourth-order valence-corrected chi connectivity index (χ4v) is 3.34. The number of nitrogens with zero attached hydrogens (tertiary/aromatic N) is 1. The Bertz CT molecular complexity index is 678. The molecule has 2 rings (SSSR count). The first-order valence-electron chi connectivity index (χ1n) is 7.26. The van der Waals surface area contributed by atoms with Gasteiger partial charge in [0.1, 0.15) is 16.7 Å². The number of thiophene rings is 1. The van der Waals surface area contributed by atoms with Crippen LogP contribution in [0.1, 0.15) is 25.6 Å². The van der Waals surface area contributed by atoms with E-state index >= 15 is 0 Å². The average molecular weight is 331 g/mol. The first-order valence-corrected chi connectivity index (χ1v) is 11.0. The molecule has 0 aliphatic carbocycles. The van der Waals surface area contributed by atoms with Crippen LogP contribution in [0.2, 0.25) is 18.1 Å². The molecule has 116 valence electrons. The summed E-state index contributed by atoms with van der Waals surface area (Å²) in [7, 11) is -1.79. The van der Waals surface area contributed by atoms with E-state index in [4.69, 9.17) is 9.69 Å². The predicted molar refractivity (Wildman–Crippen MR) is 96.6 cm³/mol. The third-order valence-electron chi connectivity index (χ3n) is 4.03. The molecule has 2 aromatic rings. The smallest absolute Gasteiger partial charge is 0.250 e. The number of rotatable bonds is 4. The summed E-state index contributed by atoms with van der Waals surface area (Å²) in [5, 5.41) is 14.3. The van der Waals surface area contributed by atoms with Crippen LogP contribution in [0.4, 0.5) is 11.4 Å². The molecule has 0 saturated heterocycles. The summed E-state index contributed by atoms with van der Waals surface area (Å²) >= 11 is 1.44. The summed E-state index contributed by atoms with van der Waals surface area (Å²) in [4.78, 5) is 0.709. The molecule has 3 nitrogen and oxygen atoms in total. The standard InChI is InChI=1S/C17H22N2OSSi/c1-17(2,3)22(4,5)20-15-8-6-13(7-9-15)19-14-10-16(11-18)21-12-14/h6-10,12,19H,1-5H3. The van der Waals surface area contributed by atoms with E-state index < -0.39 is 8.32 Å². The summed E-state index contributed by atoms with van der Waals surface area (Å²) in [6.07, 6.45) is 0. The van der Waals surface area contributed by atoms with Gasteiger partial charge >= 0.3 is 0 Å². The molecule has 5 heteroatoms. The predicted octanol–water partition coefficient (Wildman–Crippen LogP) is 5.75. The summed E-state index contributed by atoms with van der Waals surface area (Å²) in [5.41, 5.74) is 1.93. The van der Waals surface area contributed by atoms with Gasteiger partial charge in [-0.3, -0.25) is 0 Å². The SMILES string of the molecule is CC(C)(C)[Si](C)(C)Oc1ccc(Nc2csc(C#N)c2)cc1. The Morgan fingerprint density at radius 3 is 2.27 bits per heavy atom. The van der Waals surface area contributed by atoms with E-state index in [9.17, 15) is 0 Å². The second-order valence-corrected chi connectivity index (χ2v) is 12.5. The largest absolute Gasteiger partial charge is 0.544 e. The Morgan fingerprint density at radius 2 is 1.77 bits per heavy atom. The van der Waals surface area contributed by atoms with Gasteiger partial charge in [-0.2, -0.15) is 5.26 Å². The van der Waals surface area contributed by atoms with E-state index in [0.29, 0.717) is 4.88 Å². The van der Waals surface area contributed by atoms with Gasteiger partial charge in [0.25, 0.3) is 0 Å². The molecule has 0 spiro atoms. The lowest BCUT2D eigenvalue weighted by Gasteiger charge is -2.36. The monoisotopic (exact) mass is 330 g/mol. The van der Waals surface area contributed by atoms with Crippen LogP contribution >= 0.6 is 11.3 Å². The zero-order chi connectivity index (χ0) is 16.4. The van der Waals surface area contributed by atoms with Gasteiger partial charge in [-0.25, -0.2) is 0 Å². The zero-order valence-corrected chi connectivity index (χ0v) is 15.5. The van der Waals surface area contributed by atoms with Gasteiger partial charge in [0, 0.05) is 11.1 Å². The Balaban J connectivity index is 2.06. The average Bonchev–Trinajstić information content (AvgIpc) is 2.87. The summed E-state index contributed by atoms with van der Waals surface area (Å²) < 4.78 is 6.26. The van der Waals surface area contributed by atoms with Crippen LogP contribution in [0.3, 0.4) is 0 Å². The third kappa shape index (κ3) is 3.90.